The number of benzene rings is 2. The predicted octanol–water partition coefficient (Wildman–Crippen LogP) is 5.18. The van der Waals surface area contributed by atoms with Crippen LogP contribution in [-0.2, 0) is 6.42 Å². The van der Waals surface area contributed by atoms with Crippen molar-refractivity contribution in [2.75, 3.05) is 13.6 Å². The average Bonchev–Trinajstić information content (AvgIpc) is 3.22. The van der Waals surface area contributed by atoms with Gasteiger partial charge >= 0.3 is 0 Å². The number of nitriles is 1. The van der Waals surface area contributed by atoms with Crippen LogP contribution >= 0.6 is 11.8 Å². The zero-order chi connectivity index (χ0) is 20.4. The van der Waals surface area contributed by atoms with Crippen LogP contribution in [0.5, 0.6) is 5.75 Å². The monoisotopic (exact) mass is 405 g/mol. The van der Waals surface area contributed by atoms with Gasteiger partial charge in [-0.3, -0.25) is 4.99 Å². The summed E-state index contributed by atoms with van der Waals surface area (Å²) in [4.78, 5) is 4.83. The number of rotatable bonds is 5. The number of hydrogen-bond acceptors (Lipinski definition) is 5. The van der Waals surface area contributed by atoms with Crippen molar-refractivity contribution in [3.8, 4) is 11.8 Å². The van der Waals surface area contributed by atoms with E-state index >= 15 is 0 Å². The number of fused-ring (bicyclic) bond motifs is 1. The summed E-state index contributed by atoms with van der Waals surface area (Å²) in [6, 6.07) is 15.3. The van der Waals surface area contributed by atoms with Crippen LogP contribution in [0, 0.1) is 11.3 Å². The molecule has 1 aliphatic heterocycles. The molecule has 0 radical (unpaired) electrons. The Balaban J connectivity index is 1.57. The number of nitrogens with zero attached hydrogens (tertiary/aromatic N) is 2. The van der Waals surface area contributed by atoms with Crippen LogP contribution in [-0.4, -0.2) is 24.7 Å². The minimum atomic E-state index is 0.0428. The van der Waals surface area contributed by atoms with E-state index in [1.807, 2.05) is 43.8 Å². The molecule has 0 saturated heterocycles. The van der Waals surface area contributed by atoms with Crippen molar-refractivity contribution in [1.29, 1.82) is 5.26 Å². The van der Waals surface area contributed by atoms with Gasteiger partial charge in [0.05, 0.1) is 28.5 Å². The van der Waals surface area contributed by atoms with E-state index in [1.165, 1.54) is 29.5 Å². The molecule has 150 valence electrons. The molecule has 0 bridgehead atoms. The third-order valence-corrected chi connectivity index (χ3v) is 6.88. The van der Waals surface area contributed by atoms with Crippen molar-refractivity contribution in [3.05, 3.63) is 64.2 Å². The van der Waals surface area contributed by atoms with Crippen LogP contribution in [0.3, 0.4) is 0 Å². The van der Waals surface area contributed by atoms with Crippen molar-refractivity contribution in [1.82, 2.24) is 5.32 Å². The minimum Gasteiger partial charge on any atom is -0.490 e. The Bertz CT molecular complexity index is 977. The van der Waals surface area contributed by atoms with Crippen LogP contribution in [0.4, 0.5) is 0 Å². The summed E-state index contributed by atoms with van der Waals surface area (Å²) in [5, 5.41) is 14.3. The highest BCUT2D eigenvalue weighted by Crippen LogP contribution is 2.43. The molecule has 2 aromatic carbocycles. The third-order valence-electron chi connectivity index (χ3n) is 5.60. The average molecular weight is 406 g/mol. The summed E-state index contributed by atoms with van der Waals surface area (Å²) in [5.74, 6) is 0.640. The first-order valence-electron chi connectivity index (χ1n) is 10.3. The second kappa shape index (κ2) is 8.61. The number of hydrogen-bond donors (Lipinski definition) is 1. The number of aliphatic imine (C=N–C) groups is 1. The van der Waals surface area contributed by atoms with Crippen LogP contribution in [0.25, 0.3) is 0 Å². The fourth-order valence-electron chi connectivity index (χ4n) is 4.28. The van der Waals surface area contributed by atoms with E-state index < -0.39 is 0 Å². The molecule has 2 unspecified atom stereocenters. The fraction of sp³-hybridized carbons (Fsp3) is 0.417. The Labute approximate surface area is 177 Å². The molecular weight excluding hydrogens is 378 g/mol. The maximum Gasteiger partial charge on any atom is 0.137 e. The summed E-state index contributed by atoms with van der Waals surface area (Å²) >= 11 is 1.82. The van der Waals surface area contributed by atoms with Gasteiger partial charge in [0.25, 0.3) is 0 Å². The van der Waals surface area contributed by atoms with E-state index in [-0.39, 0.29) is 6.10 Å². The van der Waals surface area contributed by atoms with Crippen LogP contribution < -0.4 is 10.1 Å². The maximum atomic E-state index is 9.53. The van der Waals surface area contributed by atoms with Crippen LogP contribution in [0.2, 0.25) is 0 Å². The second-order valence-electron chi connectivity index (χ2n) is 7.89. The molecule has 2 aliphatic rings. The summed E-state index contributed by atoms with van der Waals surface area (Å²) < 4.78 is 5.75. The normalized spacial score (nSPS) is 20.9. The van der Waals surface area contributed by atoms with Crippen molar-refractivity contribution in [2.24, 2.45) is 4.99 Å². The van der Waals surface area contributed by atoms with Gasteiger partial charge < -0.3 is 10.1 Å². The van der Waals surface area contributed by atoms with Crippen molar-refractivity contribution in [2.45, 2.75) is 50.5 Å². The van der Waals surface area contributed by atoms with Gasteiger partial charge in [0, 0.05) is 11.6 Å². The lowest BCUT2D eigenvalue weighted by atomic mass is 9.84. The molecule has 2 aromatic rings. The fourth-order valence-corrected chi connectivity index (χ4v) is 5.46. The topological polar surface area (TPSA) is 57.4 Å². The molecule has 0 aromatic heterocycles. The van der Waals surface area contributed by atoms with Gasteiger partial charge in [-0.2, -0.15) is 5.26 Å². The predicted molar refractivity (Wildman–Crippen MR) is 120 cm³/mol. The van der Waals surface area contributed by atoms with E-state index in [0.717, 1.165) is 23.6 Å². The summed E-state index contributed by atoms with van der Waals surface area (Å²) in [7, 11) is 2.05. The molecule has 0 amide bonds. The van der Waals surface area contributed by atoms with E-state index in [4.69, 9.17) is 9.73 Å². The molecule has 4 nitrogen and oxygen atoms in total. The van der Waals surface area contributed by atoms with Gasteiger partial charge in [-0.25, -0.2) is 0 Å². The lowest BCUT2D eigenvalue weighted by molar-refractivity contribution is 0.241. The molecule has 5 heteroatoms. The van der Waals surface area contributed by atoms with Gasteiger partial charge in [0.1, 0.15) is 11.8 Å². The SMILES string of the molecule is CNC1CCCc2c1cccc2C1CN=C(c2ccc(OC(C)C)c(C#N)c2)S1. The lowest BCUT2D eigenvalue weighted by Crippen LogP contribution is -2.22. The molecular formula is C24H27N3OS. The maximum absolute atomic E-state index is 9.53. The highest BCUT2D eigenvalue weighted by Gasteiger charge is 2.28. The first-order chi connectivity index (χ1) is 14.1. The van der Waals surface area contributed by atoms with Crippen LogP contribution in [0.1, 0.15) is 65.8 Å². The molecule has 1 aliphatic carbocycles. The number of nitrogens with one attached hydrogen (secondary N) is 1. The molecule has 2 atom stereocenters. The van der Waals surface area contributed by atoms with Gasteiger partial charge in [0.15, 0.2) is 0 Å². The van der Waals surface area contributed by atoms with Gasteiger partial charge in [-0.15, -0.1) is 0 Å². The lowest BCUT2D eigenvalue weighted by Gasteiger charge is -2.28. The first kappa shape index (κ1) is 20.0. The van der Waals surface area contributed by atoms with E-state index in [1.54, 1.807) is 0 Å². The zero-order valence-corrected chi connectivity index (χ0v) is 18.1. The van der Waals surface area contributed by atoms with Gasteiger partial charge in [-0.1, -0.05) is 30.0 Å². The standard InChI is InChI=1S/C24H27N3OS/c1-15(2)28-22-11-10-16(12-17(22)13-25)24-27-14-23(29-24)20-8-4-7-19-18(20)6-5-9-21(19)26-3/h4,7-8,10-12,15,21,23,26H,5-6,9,14H2,1-3H3. The van der Waals surface area contributed by atoms with E-state index in [9.17, 15) is 5.26 Å². The molecule has 1 heterocycles. The Morgan fingerprint density at radius 2 is 2.07 bits per heavy atom. The zero-order valence-electron chi connectivity index (χ0n) is 17.2. The quantitative estimate of drug-likeness (QED) is 0.745. The molecule has 0 spiro atoms. The number of thioether (sulfide) groups is 1. The second-order valence-corrected chi connectivity index (χ2v) is 9.08. The smallest absolute Gasteiger partial charge is 0.137 e. The third kappa shape index (κ3) is 4.05. The Hall–Kier alpha value is -2.29. The summed E-state index contributed by atoms with van der Waals surface area (Å²) in [5.41, 5.74) is 5.95. The Morgan fingerprint density at radius 3 is 2.83 bits per heavy atom. The highest BCUT2D eigenvalue weighted by atomic mass is 32.2. The van der Waals surface area contributed by atoms with E-state index in [2.05, 4.69) is 36.6 Å². The molecule has 0 fully saturated rings. The molecule has 4 rings (SSSR count). The summed E-state index contributed by atoms with van der Waals surface area (Å²) in [6.45, 7) is 4.72. The highest BCUT2D eigenvalue weighted by molar-refractivity contribution is 8.14. The Morgan fingerprint density at radius 1 is 1.24 bits per heavy atom. The van der Waals surface area contributed by atoms with Gasteiger partial charge in [-0.05, 0) is 75.0 Å². The Kier molecular flexibility index (Phi) is 5.94. The molecule has 1 N–H and O–H groups in total. The van der Waals surface area contributed by atoms with Crippen LogP contribution in [0.15, 0.2) is 41.4 Å². The van der Waals surface area contributed by atoms with Crippen molar-refractivity contribution >= 4 is 16.8 Å². The summed E-state index contributed by atoms with van der Waals surface area (Å²) in [6.07, 6.45) is 3.62. The van der Waals surface area contributed by atoms with Crippen molar-refractivity contribution in [3.63, 3.8) is 0 Å². The van der Waals surface area contributed by atoms with Crippen molar-refractivity contribution < 1.29 is 4.74 Å². The number of ether oxygens (including phenoxy) is 1. The molecule has 29 heavy (non-hydrogen) atoms. The first-order valence-corrected chi connectivity index (χ1v) is 11.2. The minimum absolute atomic E-state index is 0.0428. The van der Waals surface area contributed by atoms with E-state index in [0.29, 0.717) is 22.6 Å². The largest absolute Gasteiger partial charge is 0.490 e. The van der Waals surface area contributed by atoms with Gasteiger partial charge in [0.2, 0.25) is 0 Å². The molecule has 0 saturated carbocycles.